The van der Waals surface area contributed by atoms with Crippen LogP contribution in [0.1, 0.15) is 30.5 Å². The SMILES string of the molecule is COc1ccc(C(C)(C)C#Cc2ccc(C)cc2)cc1. The largest absolute Gasteiger partial charge is 0.497 e. The lowest BCUT2D eigenvalue weighted by atomic mass is 9.85. The molecule has 2 aromatic rings. The average Bonchev–Trinajstić information content (AvgIpc) is 2.47. The molecule has 0 heterocycles. The fourth-order valence-corrected chi connectivity index (χ4v) is 1.95. The van der Waals surface area contributed by atoms with Gasteiger partial charge in [0.05, 0.1) is 12.5 Å². The summed E-state index contributed by atoms with van der Waals surface area (Å²) in [6, 6.07) is 16.4. The Morgan fingerprint density at radius 2 is 1.50 bits per heavy atom. The molecule has 0 amide bonds. The van der Waals surface area contributed by atoms with Crippen molar-refractivity contribution in [1.82, 2.24) is 0 Å². The van der Waals surface area contributed by atoms with E-state index in [1.165, 1.54) is 11.1 Å². The van der Waals surface area contributed by atoms with Crippen LogP contribution in [0.4, 0.5) is 0 Å². The highest BCUT2D eigenvalue weighted by molar-refractivity contribution is 5.42. The van der Waals surface area contributed by atoms with E-state index in [9.17, 15) is 0 Å². The van der Waals surface area contributed by atoms with Crippen molar-refractivity contribution in [3.63, 3.8) is 0 Å². The molecule has 102 valence electrons. The molecular formula is C19H20O. The lowest BCUT2D eigenvalue weighted by molar-refractivity contribution is 0.414. The summed E-state index contributed by atoms with van der Waals surface area (Å²) in [5.74, 6) is 7.49. The minimum Gasteiger partial charge on any atom is -0.497 e. The Balaban J connectivity index is 2.24. The van der Waals surface area contributed by atoms with Gasteiger partial charge in [0.25, 0.3) is 0 Å². The summed E-state index contributed by atoms with van der Waals surface area (Å²) in [5, 5.41) is 0. The molecular weight excluding hydrogens is 244 g/mol. The number of ether oxygens (including phenoxy) is 1. The molecule has 0 saturated heterocycles. The van der Waals surface area contributed by atoms with Crippen LogP contribution in [0.25, 0.3) is 0 Å². The molecule has 0 aromatic heterocycles. The number of rotatable bonds is 2. The molecule has 0 unspecified atom stereocenters. The first-order valence-electron chi connectivity index (χ1n) is 6.76. The van der Waals surface area contributed by atoms with Gasteiger partial charge in [0.15, 0.2) is 0 Å². The van der Waals surface area contributed by atoms with E-state index in [4.69, 9.17) is 4.74 Å². The van der Waals surface area contributed by atoms with E-state index in [1.807, 2.05) is 12.1 Å². The summed E-state index contributed by atoms with van der Waals surface area (Å²) in [6.07, 6.45) is 0. The van der Waals surface area contributed by atoms with E-state index in [-0.39, 0.29) is 5.41 Å². The Morgan fingerprint density at radius 3 is 2.05 bits per heavy atom. The summed E-state index contributed by atoms with van der Waals surface area (Å²) < 4.78 is 5.19. The van der Waals surface area contributed by atoms with Crippen molar-refractivity contribution in [2.45, 2.75) is 26.2 Å². The van der Waals surface area contributed by atoms with E-state index in [2.05, 4.69) is 69.0 Å². The van der Waals surface area contributed by atoms with E-state index in [0.29, 0.717) is 0 Å². The van der Waals surface area contributed by atoms with Gasteiger partial charge in [-0.05, 0) is 50.6 Å². The second-order valence-corrected chi connectivity index (χ2v) is 5.47. The molecule has 0 aliphatic rings. The zero-order valence-electron chi connectivity index (χ0n) is 12.5. The number of methoxy groups -OCH3 is 1. The predicted molar refractivity (Wildman–Crippen MR) is 84.1 cm³/mol. The summed E-state index contributed by atoms with van der Waals surface area (Å²) in [4.78, 5) is 0. The van der Waals surface area contributed by atoms with Gasteiger partial charge in [0.2, 0.25) is 0 Å². The van der Waals surface area contributed by atoms with Crippen LogP contribution in [0.15, 0.2) is 48.5 Å². The average molecular weight is 264 g/mol. The lowest BCUT2D eigenvalue weighted by Gasteiger charge is -2.18. The maximum absolute atomic E-state index is 5.19. The number of hydrogen-bond donors (Lipinski definition) is 0. The zero-order chi connectivity index (χ0) is 14.6. The smallest absolute Gasteiger partial charge is 0.118 e. The third-order valence-corrected chi connectivity index (χ3v) is 3.38. The van der Waals surface area contributed by atoms with Crippen molar-refractivity contribution in [3.8, 4) is 17.6 Å². The second-order valence-electron chi connectivity index (χ2n) is 5.47. The van der Waals surface area contributed by atoms with E-state index in [1.54, 1.807) is 7.11 Å². The van der Waals surface area contributed by atoms with Gasteiger partial charge in [-0.2, -0.15) is 0 Å². The Kier molecular flexibility index (Phi) is 4.15. The van der Waals surface area contributed by atoms with Crippen molar-refractivity contribution >= 4 is 0 Å². The molecule has 2 rings (SSSR count). The Morgan fingerprint density at radius 1 is 0.900 bits per heavy atom. The molecule has 20 heavy (non-hydrogen) atoms. The molecule has 0 N–H and O–H groups in total. The topological polar surface area (TPSA) is 9.23 Å². The summed E-state index contributed by atoms with van der Waals surface area (Å²) >= 11 is 0. The molecule has 1 heteroatoms. The normalized spacial score (nSPS) is 10.6. The highest BCUT2D eigenvalue weighted by Crippen LogP contribution is 2.24. The van der Waals surface area contributed by atoms with Gasteiger partial charge < -0.3 is 4.74 Å². The molecule has 0 atom stereocenters. The van der Waals surface area contributed by atoms with Gasteiger partial charge >= 0.3 is 0 Å². The predicted octanol–water partition coefficient (Wildman–Crippen LogP) is 4.33. The Hall–Kier alpha value is -2.20. The highest BCUT2D eigenvalue weighted by atomic mass is 16.5. The van der Waals surface area contributed by atoms with Crippen molar-refractivity contribution in [1.29, 1.82) is 0 Å². The highest BCUT2D eigenvalue weighted by Gasteiger charge is 2.17. The van der Waals surface area contributed by atoms with Crippen LogP contribution in [0.2, 0.25) is 0 Å². The van der Waals surface area contributed by atoms with Gasteiger partial charge in [-0.25, -0.2) is 0 Å². The molecule has 0 spiro atoms. The van der Waals surface area contributed by atoms with Crippen LogP contribution in [-0.2, 0) is 5.41 Å². The Labute approximate surface area is 121 Å². The first-order valence-corrected chi connectivity index (χ1v) is 6.76. The van der Waals surface area contributed by atoms with Crippen LogP contribution >= 0.6 is 0 Å². The number of benzene rings is 2. The van der Waals surface area contributed by atoms with Crippen LogP contribution in [-0.4, -0.2) is 7.11 Å². The van der Waals surface area contributed by atoms with Crippen LogP contribution in [0.5, 0.6) is 5.75 Å². The molecule has 2 aromatic carbocycles. The second kappa shape index (κ2) is 5.84. The van der Waals surface area contributed by atoms with E-state index >= 15 is 0 Å². The standard InChI is InChI=1S/C19H20O/c1-15-5-7-16(8-6-15)13-14-19(2,3)17-9-11-18(20-4)12-10-17/h5-12H,1-4H3. The fourth-order valence-electron chi connectivity index (χ4n) is 1.95. The summed E-state index contributed by atoms with van der Waals surface area (Å²) in [7, 11) is 1.68. The summed E-state index contributed by atoms with van der Waals surface area (Å²) in [5.41, 5.74) is 3.32. The maximum Gasteiger partial charge on any atom is 0.118 e. The molecule has 0 radical (unpaired) electrons. The molecule has 0 aliphatic carbocycles. The molecule has 1 nitrogen and oxygen atoms in total. The van der Waals surface area contributed by atoms with Crippen LogP contribution in [0.3, 0.4) is 0 Å². The molecule has 0 saturated carbocycles. The fraction of sp³-hybridized carbons (Fsp3) is 0.263. The van der Waals surface area contributed by atoms with Crippen molar-refractivity contribution in [2.75, 3.05) is 7.11 Å². The number of hydrogen-bond acceptors (Lipinski definition) is 1. The first-order chi connectivity index (χ1) is 9.51. The van der Waals surface area contributed by atoms with Gasteiger partial charge in [0.1, 0.15) is 5.75 Å². The van der Waals surface area contributed by atoms with Crippen LogP contribution in [0, 0.1) is 18.8 Å². The van der Waals surface area contributed by atoms with Gasteiger partial charge in [-0.1, -0.05) is 41.7 Å². The maximum atomic E-state index is 5.19. The molecule has 0 fully saturated rings. The van der Waals surface area contributed by atoms with Crippen molar-refractivity contribution in [2.24, 2.45) is 0 Å². The third kappa shape index (κ3) is 3.42. The van der Waals surface area contributed by atoms with Gasteiger partial charge in [-0.3, -0.25) is 0 Å². The minimum atomic E-state index is -0.183. The summed E-state index contributed by atoms with van der Waals surface area (Å²) in [6.45, 7) is 6.35. The van der Waals surface area contributed by atoms with Crippen molar-refractivity contribution < 1.29 is 4.74 Å². The minimum absolute atomic E-state index is 0.183. The zero-order valence-corrected chi connectivity index (χ0v) is 12.5. The monoisotopic (exact) mass is 264 g/mol. The molecule has 0 aliphatic heterocycles. The van der Waals surface area contributed by atoms with Crippen molar-refractivity contribution in [3.05, 3.63) is 65.2 Å². The first kappa shape index (κ1) is 14.2. The van der Waals surface area contributed by atoms with E-state index < -0.39 is 0 Å². The Bertz CT molecular complexity index is 622. The van der Waals surface area contributed by atoms with Gasteiger partial charge in [0, 0.05) is 5.56 Å². The number of aryl methyl sites for hydroxylation is 1. The lowest BCUT2D eigenvalue weighted by Crippen LogP contribution is -2.14. The van der Waals surface area contributed by atoms with Crippen LogP contribution < -0.4 is 4.74 Å². The van der Waals surface area contributed by atoms with E-state index in [0.717, 1.165) is 11.3 Å². The quantitative estimate of drug-likeness (QED) is 0.733. The van der Waals surface area contributed by atoms with Gasteiger partial charge in [-0.15, -0.1) is 0 Å². The molecule has 0 bridgehead atoms. The third-order valence-electron chi connectivity index (χ3n) is 3.38.